The van der Waals surface area contributed by atoms with Crippen molar-refractivity contribution in [2.45, 2.75) is 70.9 Å². The number of nitrogens with one attached hydrogen (secondary N) is 1. The Morgan fingerprint density at radius 3 is 2.26 bits per heavy atom. The summed E-state index contributed by atoms with van der Waals surface area (Å²) < 4.78 is 44.3. The number of likely N-dealkylation sites (N-methyl/N-ethyl adjacent to an activating group) is 1. The summed E-state index contributed by atoms with van der Waals surface area (Å²) in [6.07, 6.45) is -5.54. The third kappa shape index (κ3) is 4.91. The maximum absolute atomic E-state index is 14.8. The van der Waals surface area contributed by atoms with Crippen molar-refractivity contribution < 1.29 is 43.2 Å². The number of ketones is 1. The molecule has 0 unspecified atom stereocenters. The maximum atomic E-state index is 14.8. The average Bonchev–Trinajstić information content (AvgIpc) is 2.83. The molecule has 0 saturated heterocycles. The first-order chi connectivity index (χ1) is 19.6. The molecule has 3 aliphatic carbocycles. The summed E-state index contributed by atoms with van der Waals surface area (Å²) in [5, 5.41) is 53.7. The molecule has 0 aromatic heterocycles. The zero-order valence-electron chi connectivity index (χ0n) is 25.2. The number of nitrogens with two attached hydrogens (primary N) is 1. The van der Waals surface area contributed by atoms with E-state index in [1.165, 1.54) is 19.0 Å². The normalized spacial score (nSPS) is 27.0. The molecule has 4 rings (SSSR count). The fourth-order valence-corrected chi connectivity index (χ4v) is 6.99. The monoisotopic (exact) mass is 608 g/mol. The summed E-state index contributed by atoms with van der Waals surface area (Å²) in [6, 6.07) is -0.400. The van der Waals surface area contributed by atoms with Crippen molar-refractivity contribution in [3.63, 3.8) is 0 Å². The van der Waals surface area contributed by atoms with Gasteiger partial charge in [-0.25, -0.2) is 0 Å². The minimum absolute atomic E-state index is 0.147. The molecule has 0 bridgehead atoms. The molecular weight excluding hydrogens is 569 g/mol. The molecule has 1 amide bonds. The highest BCUT2D eigenvalue weighted by Gasteiger charge is 2.62. The summed E-state index contributed by atoms with van der Waals surface area (Å²) in [5.41, 5.74) is -1.93. The van der Waals surface area contributed by atoms with Gasteiger partial charge in [0.05, 0.1) is 22.9 Å². The van der Waals surface area contributed by atoms with Crippen molar-refractivity contribution in [1.82, 2.24) is 9.80 Å². The Hall–Kier alpha value is -3.42. The molecule has 3 aliphatic rings. The number of phenolic OH excluding ortho intramolecular Hbond substituents is 1. The molecular formula is C30H39F3N4O6. The number of fused-ring (bicyclic) bond motifs is 3. The third-order valence-electron chi connectivity index (χ3n) is 9.48. The van der Waals surface area contributed by atoms with E-state index >= 15 is 0 Å². The minimum atomic E-state index is -4.89. The molecule has 13 heteroatoms. The molecule has 1 aromatic rings. The van der Waals surface area contributed by atoms with Gasteiger partial charge < -0.3 is 31.6 Å². The van der Waals surface area contributed by atoms with Crippen LogP contribution in [-0.4, -0.2) is 86.5 Å². The smallest absolute Gasteiger partial charge is 0.417 e. The Bertz CT molecular complexity index is 1480. The van der Waals surface area contributed by atoms with E-state index in [4.69, 9.17) is 11.1 Å². The van der Waals surface area contributed by atoms with Gasteiger partial charge in [-0.2, -0.15) is 13.2 Å². The number of halogens is 3. The number of alkyl halides is 3. The Kier molecular flexibility index (Phi) is 7.82. The van der Waals surface area contributed by atoms with Crippen LogP contribution in [0.3, 0.4) is 0 Å². The number of aliphatic hydroxyl groups excluding tert-OH is 2. The van der Waals surface area contributed by atoms with Crippen LogP contribution in [0.1, 0.15) is 61.2 Å². The number of rotatable bonds is 5. The highest BCUT2D eigenvalue weighted by atomic mass is 19.4. The van der Waals surface area contributed by atoms with E-state index in [2.05, 4.69) is 0 Å². The van der Waals surface area contributed by atoms with Crippen LogP contribution in [0.5, 0.6) is 5.75 Å². The molecule has 10 nitrogen and oxygen atoms in total. The zero-order chi connectivity index (χ0) is 32.7. The standard InChI is InChI=1S/C30H39F3N4O6/c1-12(28(2,3)4)37(7)11-14-10-17(38)19-15(21(14)30(31,32)33)8-13-9-16-22(36(5)6)24(40)20(27(35)42)25(34)29(16,43)26(41)18(13)23(19)39/h10,12-13,16,22,34,38,40-41,43H,8-9,11H2,1-7H3,(H2,35,42)/t12-,13+,16+,22+,29-/m1/s1. The quantitative estimate of drug-likeness (QED) is 0.295. The summed E-state index contributed by atoms with van der Waals surface area (Å²) in [7, 11) is 4.69. The van der Waals surface area contributed by atoms with Crippen molar-refractivity contribution in [1.29, 1.82) is 5.41 Å². The van der Waals surface area contributed by atoms with Crippen molar-refractivity contribution in [2.24, 2.45) is 23.0 Å². The molecule has 0 fully saturated rings. The van der Waals surface area contributed by atoms with Gasteiger partial charge in [-0.05, 0) is 69.4 Å². The van der Waals surface area contributed by atoms with Crippen LogP contribution in [0.2, 0.25) is 0 Å². The molecule has 0 aliphatic heterocycles. The van der Waals surface area contributed by atoms with Gasteiger partial charge >= 0.3 is 6.18 Å². The fourth-order valence-electron chi connectivity index (χ4n) is 6.99. The first kappa shape index (κ1) is 32.5. The SMILES string of the molecule is C[C@@H](N(C)Cc1cc(O)c2c(c1C(F)(F)F)C[C@H]1C[C@H]3[C@H](N(C)C)C(O)=C(C(N)=O)C(=N)[C@@]3(O)C(O)=C1C2=O)C(C)(C)C. The number of nitrogens with zero attached hydrogens (tertiary/aromatic N) is 2. The van der Waals surface area contributed by atoms with Crippen LogP contribution in [0.25, 0.3) is 0 Å². The van der Waals surface area contributed by atoms with Gasteiger partial charge in [-0.1, -0.05) is 20.8 Å². The van der Waals surface area contributed by atoms with E-state index in [0.717, 1.165) is 6.07 Å². The van der Waals surface area contributed by atoms with E-state index in [9.17, 15) is 43.2 Å². The van der Waals surface area contributed by atoms with Crippen LogP contribution >= 0.6 is 0 Å². The molecule has 43 heavy (non-hydrogen) atoms. The van der Waals surface area contributed by atoms with E-state index in [1.54, 1.807) is 11.9 Å². The van der Waals surface area contributed by atoms with Crippen LogP contribution in [0.4, 0.5) is 13.2 Å². The average molecular weight is 609 g/mol. The topological polar surface area (TPSA) is 171 Å². The predicted octanol–water partition coefficient (Wildman–Crippen LogP) is 3.46. The Balaban J connectivity index is 1.94. The van der Waals surface area contributed by atoms with Crippen molar-refractivity contribution in [3.05, 3.63) is 51.0 Å². The molecule has 0 heterocycles. The highest BCUT2D eigenvalue weighted by Crippen LogP contribution is 2.54. The first-order valence-corrected chi connectivity index (χ1v) is 13.9. The van der Waals surface area contributed by atoms with E-state index in [-0.39, 0.29) is 30.0 Å². The number of benzene rings is 1. The number of amides is 1. The van der Waals surface area contributed by atoms with Gasteiger partial charge in [-0.15, -0.1) is 0 Å². The lowest BCUT2D eigenvalue weighted by molar-refractivity contribution is -0.139. The number of primary amides is 1. The predicted molar refractivity (Wildman–Crippen MR) is 152 cm³/mol. The number of carbonyl (C=O) groups is 2. The summed E-state index contributed by atoms with van der Waals surface area (Å²) in [4.78, 5) is 29.2. The van der Waals surface area contributed by atoms with E-state index in [0.29, 0.717) is 0 Å². The lowest BCUT2D eigenvalue weighted by atomic mass is 9.58. The Labute approximate surface area is 247 Å². The van der Waals surface area contributed by atoms with Crippen LogP contribution in [0.15, 0.2) is 28.7 Å². The van der Waals surface area contributed by atoms with Crippen LogP contribution in [0, 0.1) is 22.7 Å². The van der Waals surface area contributed by atoms with Crippen molar-refractivity contribution in [2.75, 3.05) is 21.1 Å². The van der Waals surface area contributed by atoms with Crippen molar-refractivity contribution >= 4 is 17.4 Å². The van der Waals surface area contributed by atoms with E-state index in [1.807, 2.05) is 27.7 Å². The second kappa shape index (κ2) is 10.3. The highest BCUT2D eigenvalue weighted by molar-refractivity contribution is 6.26. The maximum Gasteiger partial charge on any atom is 0.417 e. The van der Waals surface area contributed by atoms with Gasteiger partial charge in [0.15, 0.2) is 11.4 Å². The molecule has 7 N–H and O–H groups in total. The van der Waals surface area contributed by atoms with Gasteiger partial charge in [0.25, 0.3) is 5.91 Å². The number of Topliss-reactive ketones (excluding diaryl/α,β-unsaturated/α-hetero) is 1. The number of hydrogen-bond donors (Lipinski definition) is 6. The summed E-state index contributed by atoms with van der Waals surface area (Å²) in [5.74, 6) is -6.99. The van der Waals surface area contributed by atoms with Crippen molar-refractivity contribution in [3.8, 4) is 5.75 Å². The summed E-state index contributed by atoms with van der Waals surface area (Å²) >= 11 is 0. The van der Waals surface area contributed by atoms with Crippen LogP contribution in [-0.2, 0) is 23.9 Å². The molecule has 0 spiro atoms. The number of aromatic hydroxyl groups is 1. The van der Waals surface area contributed by atoms with Gasteiger partial charge in [0, 0.05) is 24.1 Å². The molecule has 1 aromatic carbocycles. The largest absolute Gasteiger partial charge is 0.510 e. The van der Waals surface area contributed by atoms with E-state index < -0.39 is 98.6 Å². The molecule has 5 atom stereocenters. The molecule has 0 radical (unpaired) electrons. The van der Waals surface area contributed by atoms with Gasteiger partial charge in [0.2, 0.25) is 0 Å². The first-order valence-electron chi connectivity index (χ1n) is 13.9. The second-order valence-corrected chi connectivity index (χ2v) is 13.2. The Morgan fingerprint density at radius 1 is 1.19 bits per heavy atom. The number of phenols is 1. The number of aliphatic hydroxyl groups is 3. The second-order valence-electron chi connectivity index (χ2n) is 13.2. The van der Waals surface area contributed by atoms with Gasteiger partial charge in [0.1, 0.15) is 22.8 Å². The number of allylic oxidation sites excluding steroid dienone is 1. The Morgan fingerprint density at radius 2 is 1.77 bits per heavy atom. The number of hydrogen-bond acceptors (Lipinski definition) is 9. The minimum Gasteiger partial charge on any atom is -0.510 e. The van der Waals surface area contributed by atoms with Gasteiger partial charge in [-0.3, -0.25) is 19.4 Å². The lowest BCUT2D eigenvalue weighted by Gasteiger charge is -2.51. The third-order valence-corrected chi connectivity index (χ3v) is 9.48. The molecule has 0 saturated carbocycles. The lowest BCUT2D eigenvalue weighted by Crippen LogP contribution is -2.63. The van der Waals surface area contributed by atoms with Crippen LogP contribution < -0.4 is 5.73 Å². The number of carbonyl (C=O) groups excluding carboxylic acids is 2. The summed E-state index contributed by atoms with van der Waals surface area (Å²) in [6.45, 7) is 7.58. The zero-order valence-corrected chi connectivity index (χ0v) is 25.2. The fraction of sp³-hybridized carbons (Fsp3) is 0.567. The molecule has 236 valence electrons.